The molecule has 1 aliphatic heterocycles. The van der Waals surface area contributed by atoms with Crippen LogP contribution in [0, 0.1) is 5.92 Å². The normalized spacial score (nSPS) is 16.8. The summed E-state index contributed by atoms with van der Waals surface area (Å²) in [6.07, 6.45) is 2.86. The minimum absolute atomic E-state index is 0.203. The number of carbonyl (C=O) groups excluding carboxylic acids is 1. The van der Waals surface area contributed by atoms with Gasteiger partial charge in [0.25, 0.3) is 0 Å². The van der Waals surface area contributed by atoms with E-state index in [4.69, 9.17) is 4.42 Å². The molecule has 0 unspecified atom stereocenters. The summed E-state index contributed by atoms with van der Waals surface area (Å²) in [6.45, 7) is 2.61. The van der Waals surface area contributed by atoms with Crippen LogP contribution in [-0.2, 0) is 11.3 Å². The molecule has 1 aromatic rings. The van der Waals surface area contributed by atoms with Crippen molar-refractivity contribution in [2.45, 2.75) is 25.8 Å². The molecular weight excluding hydrogens is 296 g/mol. The van der Waals surface area contributed by atoms with Crippen molar-refractivity contribution < 1.29 is 9.21 Å². The number of piperidine rings is 1. The van der Waals surface area contributed by atoms with Gasteiger partial charge in [0.2, 0.25) is 5.91 Å². The van der Waals surface area contributed by atoms with Crippen LogP contribution in [0.3, 0.4) is 0 Å². The molecule has 100 valence electrons. The lowest BCUT2D eigenvalue weighted by Crippen LogP contribution is -2.33. The second-order valence-electron chi connectivity index (χ2n) is 4.85. The Hall–Kier alpha value is -0.810. The van der Waals surface area contributed by atoms with Crippen LogP contribution in [0.5, 0.6) is 0 Å². The summed E-state index contributed by atoms with van der Waals surface area (Å²) in [4.78, 5) is 13.8. The first-order valence-electron chi connectivity index (χ1n) is 6.34. The van der Waals surface area contributed by atoms with Crippen molar-refractivity contribution in [1.82, 2.24) is 10.2 Å². The molecule has 2 heterocycles. The van der Waals surface area contributed by atoms with E-state index in [-0.39, 0.29) is 5.91 Å². The van der Waals surface area contributed by atoms with E-state index in [1.54, 1.807) is 4.90 Å². The fourth-order valence-electron chi connectivity index (χ4n) is 2.25. The third kappa shape index (κ3) is 3.85. The van der Waals surface area contributed by atoms with E-state index in [1.807, 2.05) is 19.2 Å². The summed E-state index contributed by atoms with van der Waals surface area (Å²) in [5.74, 6) is 1.54. The lowest BCUT2D eigenvalue weighted by atomic mass is 9.94. The molecule has 0 aromatic carbocycles. The summed E-state index contributed by atoms with van der Waals surface area (Å²) in [5.41, 5.74) is 0. The van der Waals surface area contributed by atoms with Gasteiger partial charge in [0, 0.05) is 13.5 Å². The molecule has 0 saturated carbocycles. The number of halogens is 1. The number of amides is 1. The third-order valence-electron chi connectivity index (χ3n) is 3.37. The Balaban J connectivity index is 1.80. The predicted molar refractivity (Wildman–Crippen MR) is 73.1 cm³/mol. The van der Waals surface area contributed by atoms with Crippen LogP contribution < -0.4 is 5.32 Å². The monoisotopic (exact) mass is 314 g/mol. The Kier molecular flexibility index (Phi) is 4.83. The minimum Gasteiger partial charge on any atom is -0.452 e. The Morgan fingerprint density at radius 3 is 2.83 bits per heavy atom. The highest BCUT2D eigenvalue weighted by Gasteiger charge is 2.19. The standard InChI is InChI=1S/C13H19BrN2O2/c1-16(9-11-2-3-12(14)18-11)13(17)8-10-4-6-15-7-5-10/h2-3,10,15H,4-9H2,1H3. The van der Waals surface area contributed by atoms with Crippen molar-refractivity contribution in [1.29, 1.82) is 0 Å². The van der Waals surface area contributed by atoms with Crippen molar-refractivity contribution in [3.8, 4) is 0 Å². The number of hydrogen-bond acceptors (Lipinski definition) is 3. The summed E-state index contributed by atoms with van der Waals surface area (Å²) in [7, 11) is 1.83. The highest BCUT2D eigenvalue weighted by molar-refractivity contribution is 9.10. The molecule has 1 aromatic heterocycles. The summed E-state index contributed by atoms with van der Waals surface area (Å²) < 4.78 is 6.11. The molecule has 5 heteroatoms. The van der Waals surface area contributed by atoms with Crippen LogP contribution >= 0.6 is 15.9 Å². The number of hydrogen-bond donors (Lipinski definition) is 1. The van der Waals surface area contributed by atoms with Gasteiger partial charge in [-0.1, -0.05) is 0 Å². The highest BCUT2D eigenvalue weighted by atomic mass is 79.9. The zero-order valence-electron chi connectivity index (χ0n) is 10.6. The van der Waals surface area contributed by atoms with Crippen molar-refractivity contribution in [3.05, 3.63) is 22.6 Å². The molecule has 0 spiro atoms. The van der Waals surface area contributed by atoms with E-state index < -0.39 is 0 Å². The number of carbonyl (C=O) groups is 1. The van der Waals surface area contributed by atoms with Gasteiger partial charge in [0.15, 0.2) is 4.67 Å². The molecule has 0 radical (unpaired) electrons. The second-order valence-corrected chi connectivity index (χ2v) is 5.63. The fourth-order valence-corrected chi connectivity index (χ4v) is 2.59. The van der Waals surface area contributed by atoms with Crippen LogP contribution in [0.4, 0.5) is 0 Å². The Bertz CT molecular complexity index is 399. The lowest BCUT2D eigenvalue weighted by Gasteiger charge is -2.24. The zero-order valence-corrected chi connectivity index (χ0v) is 12.2. The third-order valence-corrected chi connectivity index (χ3v) is 3.80. The van der Waals surface area contributed by atoms with Crippen LogP contribution in [0.1, 0.15) is 25.0 Å². The molecular formula is C13H19BrN2O2. The van der Waals surface area contributed by atoms with E-state index in [0.717, 1.165) is 31.7 Å². The first-order valence-corrected chi connectivity index (χ1v) is 7.13. The molecule has 1 saturated heterocycles. The molecule has 0 atom stereocenters. The first-order chi connectivity index (χ1) is 8.65. The Morgan fingerprint density at radius 2 is 2.22 bits per heavy atom. The molecule has 0 bridgehead atoms. The maximum Gasteiger partial charge on any atom is 0.222 e. The van der Waals surface area contributed by atoms with Gasteiger partial charge in [-0.3, -0.25) is 4.79 Å². The smallest absolute Gasteiger partial charge is 0.222 e. The molecule has 4 nitrogen and oxygen atoms in total. The maximum atomic E-state index is 12.1. The molecule has 1 aliphatic rings. The fraction of sp³-hybridized carbons (Fsp3) is 0.615. The van der Waals surface area contributed by atoms with Gasteiger partial charge in [0.1, 0.15) is 5.76 Å². The predicted octanol–water partition coefficient (Wildman–Crippen LogP) is 2.39. The maximum absolute atomic E-state index is 12.1. The van der Waals surface area contributed by atoms with E-state index >= 15 is 0 Å². The average Bonchev–Trinajstić information content (AvgIpc) is 2.76. The summed E-state index contributed by atoms with van der Waals surface area (Å²) >= 11 is 3.26. The van der Waals surface area contributed by atoms with Gasteiger partial charge < -0.3 is 14.6 Å². The number of furan rings is 1. The van der Waals surface area contributed by atoms with Gasteiger partial charge in [-0.2, -0.15) is 0 Å². The lowest BCUT2D eigenvalue weighted by molar-refractivity contribution is -0.131. The minimum atomic E-state index is 0.203. The van der Waals surface area contributed by atoms with Crippen molar-refractivity contribution >= 4 is 21.8 Å². The summed E-state index contributed by atoms with van der Waals surface area (Å²) in [5, 5.41) is 3.31. The Labute approximate surface area is 116 Å². The van der Waals surface area contributed by atoms with E-state index in [1.165, 1.54) is 0 Å². The largest absolute Gasteiger partial charge is 0.452 e. The number of nitrogens with zero attached hydrogens (tertiary/aromatic N) is 1. The zero-order chi connectivity index (χ0) is 13.0. The quantitative estimate of drug-likeness (QED) is 0.928. The van der Waals surface area contributed by atoms with Gasteiger partial charge >= 0.3 is 0 Å². The molecule has 1 fully saturated rings. The number of rotatable bonds is 4. The second kappa shape index (κ2) is 6.38. The van der Waals surface area contributed by atoms with E-state index in [9.17, 15) is 4.79 Å². The number of nitrogens with one attached hydrogen (secondary N) is 1. The summed E-state index contributed by atoms with van der Waals surface area (Å²) in [6, 6.07) is 3.73. The Morgan fingerprint density at radius 1 is 1.50 bits per heavy atom. The topological polar surface area (TPSA) is 45.5 Å². The first kappa shape index (κ1) is 13.6. The van der Waals surface area contributed by atoms with Gasteiger partial charge in [-0.25, -0.2) is 0 Å². The molecule has 1 N–H and O–H groups in total. The molecule has 0 aliphatic carbocycles. The van der Waals surface area contributed by atoms with Crippen LogP contribution in [-0.4, -0.2) is 30.9 Å². The average molecular weight is 315 g/mol. The van der Waals surface area contributed by atoms with Crippen LogP contribution in [0.25, 0.3) is 0 Å². The van der Waals surface area contributed by atoms with Crippen molar-refractivity contribution in [2.75, 3.05) is 20.1 Å². The van der Waals surface area contributed by atoms with Crippen LogP contribution in [0.2, 0.25) is 0 Å². The van der Waals surface area contributed by atoms with E-state index in [2.05, 4.69) is 21.2 Å². The molecule has 2 rings (SSSR count). The van der Waals surface area contributed by atoms with Gasteiger partial charge in [-0.15, -0.1) is 0 Å². The van der Waals surface area contributed by atoms with Crippen molar-refractivity contribution in [3.63, 3.8) is 0 Å². The highest BCUT2D eigenvalue weighted by Crippen LogP contribution is 2.19. The van der Waals surface area contributed by atoms with Gasteiger partial charge in [-0.05, 0) is 59.9 Å². The molecule has 1 amide bonds. The SMILES string of the molecule is CN(Cc1ccc(Br)o1)C(=O)CC1CCNCC1. The van der Waals surface area contributed by atoms with Crippen LogP contribution in [0.15, 0.2) is 21.2 Å². The van der Waals surface area contributed by atoms with E-state index in [0.29, 0.717) is 23.6 Å². The molecule has 18 heavy (non-hydrogen) atoms. The van der Waals surface area contributed by atoms with Gasteiger partial charge in [0.05, 0.1) is 6.54 Å². The van der Waals surface area contributed by atoms with Crippen molar-refractivity contribution in [2.24, 2.45) is 5.92 Å².